The van der Waals surface area contributed by atoms with Crippen molar-refractivity contribution in [2.24, 2.45) is 5.92 Å². The van der Waals surface area contributed by atoms with E-state index >= 15 is 0 Å². The van der Waals surface area contributed by atoms with Crippen LogP contribution in [0.2, 0.25) is 0 Å². The molecule has 7 heteroatoms. The first kappa shape index (κ1) is 18.5. The number of rotatable bonds is 5. The number of amides is 2. The third-order valence-electron chi connectivity index (χ3n) is 5.35. The van der Waals surface area contributed by atoms with E-state index in [0.717, 1.165) is 54.8 Å². The molecule has 0 saturated carbocycles. The van der Waals surface area contributed by atoms with Crippen molar-refractivity contribution in [3.8, 4) is 0 Å². The summed E-state index contributed by atoms with van der Waals surface area (Å²) < 4.78 is 1.91. The van der Waals surface area contributed by atoms with Crippen LogP contribution in [0, 0.1) is 5.92 Å². The predicted molar refractivity (Wildman–Crippen MR) is 109 cm³/mol. The standard InChI is InChI=1S/C21H28N6O/c1-15(2)27-14-17(12-23-27)11-22-21(28)26-9-5-6-16(13-26)10-20-24-18-7-3-4-8-19(18)25-20/h3-4,7-8,12,14-16H,5-6,9-11,13H2,1-2H3,(H,22,28)(H,24,25)/t16-/m0/s1. The maximum absolute atomic E-state index is 12.6. The number of aromatic amines is 1. The molecule has 0 bridgehead atoms. The van der Waals surface area contributed by atoms with Gasteiger partial charge in [-0.25, -0.2) is 9.78 Å². The molecule has 1 aliphatic rings. The van der Waals surface area contributed by atoms with Gasteiger partial charge in [0.25, 0.3) is 0 Å². The summed E-state index contributed by atoms with van der Waals surface area (Å²) in [4.78, 5) is 22.6. The Morgan fingerprint density at radius 2 is 2.21 bits per heavy atom. The number of urea groups is 1. The van der Waals surface area contributed by atoms with Crippen LogP contribution in [0.4, 0.5) is 4.79 Å². The predicted octanol–water partition coefficient (Wildman–Crippen LogP) is 3.50. The topological polar surface area (TPSA) is 78.8 Å². The maximum Gasteiger partial charge on any atom is 0.317 e. The zero-order chi connectivity index (χ0) is 19.5. The molecule has 0 aliphatic carbocycles. The van der Waals surface area contributed by atoms with Gasteiger partial charge in [0.15, 0.2) is 0 Å². The molecule has 0 unspecified atom stereocenters. The summed E-state index contributed by atoms with van der Waals surface area (Å²) in [7, 11) is 0. The Kier molecular flexibility index (Phi) is 5.32. The summed E-state index contributed by atoms with van der Waals surface area (Å²) in [6.07, 6.45) is 6.84. The van der Waals surface area contributed by atoms with E-state index in [1.807, 2.05) is 46.2 Å². The van der Waals surface area contributed by atoms with Crippen molar-refractivity contribution in [2.45, 2.75) is 45.7 Å². The number of nitrogens with zero attached hydrogens (tertiary/aromatic N) is 4. The summed E-state index contributed by atoms with van der Waals surface area (Å²) >= 11 is 0. The molecule has 1 saturated heterocycles. The molecular formula is C21H28N6O. The van der Waals surface area contributed by atoms with Gasteiger partial charge in [-0.15, -0.1) is 0 Å². The Labute approximate surface area is 165 Å². The molecule has 1 aliphatic heterocycles. The van der Waals surface area contributed by atoms with E-state index in [0.29, 0.717) is 18.5 Å². The number of carbonyl (C=O) groups is 1. The normalized spacial score (nSPS) is 17.4. The first-order valence-electron chi connectivity index (χ1n) is 10.1. The molecule has 148 valence electrons. The fourth-order valence-electron chi connectivity index (χ4n) is 3.83. The van der Waals surface area contributed by atoms with Gasteiger partial charge in [0, 0.05) is 43.9 Å². The second-order valence-electron chi connectivity index (χ2n) is 7.94. The highest BCUT2D eigenvalue weighted by atomic mass is 16.2. The number of H-pyrrole nitrogens is 1. The van der Waals surface area contributed by atoms with E-state index in [2.05, 4.69) is 34.2 Å². The first-order valence-corrected chi connectivity index (χ1v) is 10.1. The van der Waals surface area contributed by atoms with Gasteiger partial charge < -0.3 is 15.2 Å². The average Bonchev–Trinajstić information content (AvgIpc) is 3.32. The van der Waals surface area contributed by atoms with Gasteiger partial charge in [0.1, 0.15) is 5.82 Å². The molecule has 2 N–H and O–H groups in total. The third kappa shape index (κ3) is 4.18. The SMILES string of the molecule is CC(C)n1cc(CNC(=O)N2CCC[C@@H](Cc3nc4ccccc4[nH]3)C2)cn1. The number of carbonyl (C=O) groups excluding carboxylic acids is 1. The van der Waals surface area contributed by atoms with Gasteiger partial charge in [0.2, 0.25) is 0 Å². The number of hydrogen-bond donors (Lipinski definition) is 2. The van der Waals surface area contributed by atoms with Crippen LogP contribution in [0.3, 0.4) is 0 Å². The minimum Gasteiger partial charge on any atom is -0.342 e. The summed E-state index contributed by atoms with van der Waals surface area (Å²) in [5, 5.41) is 7.36. The molecule has 3 aromatic rings. The van der Waals surface area contributed by atoms with Crippen LogP contribution in [-0.4, -0.2) is 43.8 Å². The largest absolute Gasteiger partial charge is 0.342 e. The molecule has 1 aromatic carbocycles. The van der Waals surface area contributed by atoms with Gasteiger partial charge in [0.05, 0.1) is 17.2 Å². The number of imidazole rings is 1. The molecule has 2 aromatic heterocycles. The van der Waals surface area contributed by atoms with Gasteiger partial charge in [-0.2, -0.15) is 5.10 Å². The highest BCUT2D eigenvalue weighted by Crippen LogP contribution is 2.21. The van der Waals surface area contributed by atoms with Crippen LogP contribution in [0.25, 0.3) is 11.0 Å². The van der Waals surface area contributed by atoms with E-state index in [-0.39, 0.29) is 6.03 Å². The fourth-order valence-corrected chi connectivity index (χ4v) is 3.83. The summed E-state index contributed by atoms with van der Waals surface area (Å²) in [6, 6.07) is 8.43. The van der Waals surface area contributed by atoms with Crippen molar-refractivity contribution in [3.05, 3.63) is 48.0 Å². The smallest absolute Gasteiger partial charge is 0.317 e. The average molecular weight is 380 g/mol. The van der Waals surface area contributed by atoms with Crippen LogP contribution < -0.4 is 5.32 Å². The van der Waals surface area contributed by atoms with Crippen molar-refractivity contribution < 1.29 is 4.79 Å². The molecule has 7 nitrogen and oxygen atoms in total. The summed E-state index contributed by atoms with van der Waals surface area (Å²) in [6.45, 7) is 6.27. The Bertz CT molecular complexity index is 910. The molecule has 28 heavy (non-hydrogen) atoms. The van der Waals surface area contributed by atoms with Crippen LogP contribution in [0.1, 0.15) is 44.1 Å². The Balaban J connectivity index is 1.31. The molecule has 3 heterocycles. The second kappa shape index (κ2) is 8.04. The van der Waals surface area contributed by atoms with Crippen molar-refractivity contribution >= 4 is 17.1 Å². The van der Waals surface area contributed by atoms with E-state index in [9.17, 15) is 4.79 Å². The highest BCUT2D eigenvalue weighted by molar-refractivity contribution is 5.75. The first-order chi connectivity index (χ1) is 13.6. The minimum absolute atomic E-state index is 0.00611. The zero-order valence-electron chi connectivity index (χ0n) is 16.6. The second-order valence-corrected chi connectivity index (χ2v) is 7.94. The Morgan fingerprint density at radius 3 is 3.00 bits per heavy atom. The van der Waals surface area contributed by atoms with Crippen LogP contribution >= 0.6 is 0 Å². The maximum atomic E-state index is 12.6. The van der Waals surface area contributed by atoms with Crippen molar-refractivity contribution in [1.29, 1.82) is 0 Å². The molecular weight excluding hydrogens is 352 g/mol. The van der Waals surface area contributed by atoms with Crippen LogP contribution in [-0.2, 0) is 13.0 Å². The van der Waals surface area contributed by atoms with Gasteiger partial charge in [-0.3, -0.25) is 4.68 Å². The molecule has 0 radical (unpaired) electrons. The number of fused-ring (bicyclic) bond motifs is 1. The van der Waals surface area contributed by atoms with E-state index < -0.39 is 0 Å². The lowest BCUT2D eigenvalue weighted by Gasteiger charge is -2.32. The number of nitrogens with one attached hydrogen (secondary N) is 2. The minimum atomic E-state index is 0.00611. The lowest BCUT2D eigenvalue weighted by atomic mass is 9.95. The molecule has 0 spiro atoms. The molecule has 4 rings (SSSR count). The van der Waals surface area contributed by atoms with E-state index in [4.69, 9.17) is 0 Å². The van der Waals surface area contributed by atoms with Crippen molar-refractivity contribution in [2.75, 3.05) is 13.1 Å². The third-order valence-corrected chi connectivity index (χ3v) is 5.35. The summed E-state index contributed by atoms with van der Waals surface area (Å²) in [5.41, 5.74) is 3.10. The van der Waals surface area contributed by atoms with Crippen molar-refractivity contribution in [3.63, 3.8) is 0 Å². The van der Waals surface area contributed by atoms with Crippen LogP contribution in [0.5, 0.6) is 0 Å². The Hall–Kier alpha value is -2.83. The molecule has 1 fully saturated rings. The van der Waals surface area contributed by atoms with Crippen LogP contribution in [0.15, 0.2) is 36.7 Å². The lowest BCUT2D eigenvalue weighted by molar-refractivity contribution is 0.164. The number of likely N-dealkylation sites (tertiary alicyclic amines) is 1. The van der Waals surface area contributed by atoms with Gasteiger partial charge >= 0.3 is 6.03 Å². The number of para-hydroxylation sites is 2. The quantitative estimate of drug-likeness (QED) is 0.711. The monoisotopic (exact) mass is 380 g/mol. The van der Waals surface area contributed by atoms with Gasteiger partial charge in [-0.1, -0.05) is 12.1 Å². The van der Waals surface area contributed by atoms with E-state index in [1.54, 1.807) is 0 Å². The number of benzene rings is 1. The zero-order valence-corrected chi connectivity index (χ0v) is 16.6. The van der Waals surface area contributed by atoms with Crippen molar-refractivity contribution in [1.82, 2.24) is 30.0 Å². The molecule has 2 amide bonds. The number of piperidine rings is 1. The highest BCUT2D eigenvalue weighted by Gasteiger charge is 2.24. The van der Waals surface area contributed by atoms with E-state index in [1.165, 1.54) is 0 Å². The summed E-state index contributed by atoms with van der Waals surface area (Å²) in [5.74, 6) is 1.44. The van der Waals surface area contributed by atoms with Gasteiger partial charge in [-0.05, 0) is 44.7 Å². The molecule has 1 atom stereocenters. The fraction of sp³-hybridized carbons (Fsp3) is 0.476. The lowest BCUT2D eigenvalue weighted by Crippen LogP contribution is -2.45. The Morgan fingerprint density at radius 1 is 1.36 bits per heavy atom. The number of hydrogen-bond acceptors (Lipinski definition) is 3. The number of aromatic nitrogens is 4.